The fourth-order valence-corrected chi connectivity index (χ4v) is 3.64. The lowest BCUT2D eigenvalue weighted by molar-refractivity contribution is 0.0398. The minimum atomic E-state index is -0.121. The van der Waals surface area contributed by atoms with Crippen LogP contribution in [0.2, 0.25) is 0 Å². The molecule has 0 unspecified atom stereocenters. The van der Waals surface area contributed by atoms with E-state index in [1.165, 1.54) is 11.9 Å². The molecule has 7 heteroatoms. The molecule has 0 spiro atoms. The third-order valence-corrected chi connectivity index (χ3v) is 5.88. The summed E-state index contributed by atoms with van der Waals surface area (Å²) in [6.07, 6.45) is 3.03. The maximum Gasteiger partial charge on any atom is 0.107 e. The maximum atomic E-state index is 9.50. The van der Waals surface area contributed by atoms with Gasteiger partial charge in [-0.05, 0) is 69.8 Å². The van der Waals surface area contributed by atoms with Gasteiger partial charge in [0.05, 0.1) is 19.3 Å². The molecule has 0 aliphatic carbocycles. The Morgan fingerprint density at radius 2 is 2.00 bits per heavy atom. The van der Waals surface area contributed by atoms with Gasteiger partial charge in [0.1, 0.15) is 11.0 Å². The highest BCUT2D eigenvalue weighted by molar-refractivity contribution is 8.01. The van der Waals surface area contributed by atoms with Crippen molar-refractivity contribution in [3.05, 3.63) is 34.7 Å². The number of rotatable bonds is 12. The van der Waals surface area contributed by atoms with Gasteiger partial charge in [-0.15, -0.1) is 0 Å². The van der Waals surface area contributed by atoms with Gasteiger partial charge in [-0.25, -0.2) is 0 Å². The van der Waals surface area contributed by atoms with Crippen molar-refractivity contribution in [1.29, 1.82) is 5.26 Å². The van der Waals surface area contributed by atoms with Crippen LogP contribution in [-0.2, 0) is 9.47 Å². The van der Waals surface area contributed by atoms with E-state index in [1.807, 2.05) is 32.1 Å². The second-order valence-corrected chi connectivity index (χ2v) is 9.23. The summed E-state index contributed by atoms with van der Waals surface area (Å²) in [5.41, 5.74) is 1.99. The van der Waals surface area contributed by atoms with E-state index >= 15 is 0 Å². The molecule has 0 radical (unpaired) electrons. The van der Waals surface area contributed by atoms with Gasteiger partial charge in [0.25, 0.3) is 0 Å². The van der Waals surface area contributed by atoms with Crippen molar-refractivity contribution in [3.8, 4) is 6.07 Å². The second kappa shape index (κ2) is 13.0. The number of morpholine rings is 1. The molecule has 166 valence electrons. The van der Waals surface area contributed by atoms with E-state index in [0.29, 0.717) is 11.5 Å². The molecule has 0 atom stereocenters. The van der Waals surface area contributed by atoms with E-state index in [-0.39, 0.29) is 11.6 Å². The van der Waals surface area contributed by atoms with Crippen LogP contribution in [-0.4, -0.2) is 62.5 Å². The van der Waals surface area contributed by atoms with Crippen LogP contribution < -0.4 is 10.0 Å². The van der Waals surface area contributed by atoms with Crippen molar-refractivity contribution < 1.29 is 9.47 Å². The molecule has 1 aromatic carbocycles. The maximum absolute atomic E-state index is 9.50. The topological polar surface area (TPSA) is 69.5 Å². The molecule has 0 amide bonds. The number of nitrogens with one attached hydrogen (secondary N) is 2. The molecular formula is C23H36N4O2S. The Bertz CT molecular complexity index is 692. The number of nitrogens with zero attached hydrogens (tertiary/aromatic N) is 2. The zero-order valence-corrected chi connectivity index (χ0v) is 19.6. The standard InChI is InChI=1S/C23H36N4O2S/c1-19(2)29-14-9-23(3,4)26-30-22(18-24)17-20-5-7-21(8-6-20)25-10-11-27-12-15-28-16-13-27/h5-8,17,19,25-26H,9-16H2,1-4H3/b22-17+. The molecule has 1 fully saturated rings. The van der Waals surface area contributed by atoms with Crippen LogP contribution in [0.3, 0.4) is 0 Å². The van der Waals surface area contributed by atoms with E-state index < -0.39 is 0 Å². The Kier molecular flexibility index (Phi) is 10.7. The molecule has 0 bridgehead atoms. The molecule has 0 saturated carbocycles. The molecule has 0 aromatic heterocycles. The smallest absolute Gasteiger partial charge is 0.107 e. The highest BCUT2D eigenvalue weighted by Crippen LogP contribution is 2.22. The first-order valence-corrected chi connectivity index (χ1v) is 11.5. The van der Waals surface area contributed by atoms with E-state index in [1.54, 1.807) is 0 Å². The van der Waals surface area contributed by atoms with Crippen LogP contribution in [0.15, 0.2) is 29.2 Å². The van der Waals surface area contributed by atoms with Crippen molar-refractivity contribution in [2.24, 2.45) is 0 Å². The van der Waals surface area contributed by atoms with Crippen molar-refractivity contribution in [3.63, 3.8) is 0 Å². The number of allylic oxidation sites excluding steroid dienone is 1. The van der Waals surface area contributed by atoms with Gasteiger partial charge in [-0.3, -0.25) is 9.62 Å². The number of ether oxygens (including phenoxy) is 2. The highest BCUT2D eigenvalue weighted by atomic mass is 32.2. The Hall–Kier alpha value is -1.56. The predicted octanol–water partition coefficient (Wildman–Crippen LogP) is 4.13. The number of anilines is 1. The molecule has 6 nitrogen and oxygen atoms in total. The zero-order chi connectivity index (χ0) is 21.8. The molecular weight excluding hydrogens is 396 g/mol. The first-order valence-electron chi connectivity index (χ1n) is 10.7. The van der Waals surface area contributed by atoms with E-state index in [2.05, 4.69) is 47.0 Å². The Morgan fingerprint density at radius 3 is 2.63 bits per heavy atom. The van der Waals surface area contributed by atoms with Gasteiger partial charge in [-0.1, -0.05) is 12.1 Å². The summed E-state index contributed by atoms with van der Waals surface area (Å²) >= 11 is 1.38. The SMILES string of the molecule is CC(C)OCCC(C)(C)NS/C(C#N)=C/c1ccc(NCCN2CCOCC2)cc1. The summed E-state index contributed by atoms with van der Waals surface area (Å²) in [5.74, 6) is 0. The fourth-order valence-electron chi connectivity index (χ4n) is 2.91. The minimum Gasteiger partial charge on any atom is -0.384 e. The molecule has 1 aliphatic rings. The van der Waals surface area contributed by atoms with Crippen LogP contribution >= 0.6 is 11.9 Å². The predicted molar refractivity (Wildman–Crippen MR) is 126 cm³/mol. The molecule has 2 N–H and O–H groups in total. The fraction of sp³-hybridized carbons (Fsp3) is 0.609. The molecule has 1 aromatic rings. The lowest BCUT2D eigenvalue weighted by Crippen LogP contribution is -2.38. The molecule has 1 aliphatic heterocycles. The van der Waals surface area contributed by atoms with E-state index in [0.717, 1.165) is 57.1 Å². The van der Waals surface area contributed by atoms with Crippen LogP contribution in [0.1, 0.15) is 39.7 Å². The van der Waals surface area contributed by atoms with Crippen LogP contribution in [0, 0.1) is 11.3 Å². The number of hydrogen-bond donors (Lipinski definition) is 2. The normalized spacial score (nSPS) is 15.9. The van der Waals surface area contributed by atoms with E-state index in [9.17, 15) is 5.26 Å². The van der Waals surface area contributed by atoms with Crippen LogP contribution in [0.5, 0.6) is 0 Å². The van der Waals surface area contributed by atoms with Gasteiger partial charge in [-0.2, -0.15) is 5.26 Å². The largest absolute Gasteiger partial charge is 0.384 e. The Labute approximate surface area is 186 Å². The van der Waals surface area contributed by atoms with Gasteiger partial charge in [0.2, 0.25) is 0 Å². The van der Waals surface area contributed by atoms with Gasteiger partial charge >= 0.3 is 0 Å². The van der Waals surface area contributed by atoms with Crippen LogP contribution in [0.25, 0.3) is 6.08 Å². The highest BCUT2D eigenvalue weighted by Gasteiger charge is 2.18. The Balaban J connectivity index is 1.78. The van der Waals surface area contributed by atoms with E-state index in [4.69, 9.17) is 9.47 Å². The third kappa shape index (κ3) is 9.96. The third-order valence-electron chi connectivity index (χ3n) is 4.80. The second-order valence-electron chi connectivity index (χ2n) is 8.38. The molecule has 1 heterocycles. The number of hydrogen-bond acceptors (Lipinski definition) is 7. The first-order chi connectivity index (χ1) is 14.4. The number of nitriles is 1. The molecule has 2 rings (SSSR count). The Morgan fingerprint density at radius 1 is 1.30 bits per heavy atom. The average molecular weight is 433 g/mol. The molecule has 30 heavy (non-hydrogen) atoms. The van der Waals surface area contributed by atoms with Crippen molar-refractivity contribution in [2.45, 2.75) is 45.8 Å². The quantitative estimate of drug-likeness (QED) is 0.380. The first kappa shape index (κ1) is 24.7. The summed E-state index contributed by atoms with van der Waals surface area (Å²) in [4.78, 5) is 3.05. The lowest BCUT2D eigenvalue weighted by atomic mass is 10.0. The summed E-state index contributed by atoms with van der Waals surface area (Å²) in [7, 11) is 0. The molecule has 1 saturated heterocycles. The summed E-state index contributed by atoms with van der Waals surface area (Å²) < 4.78 is 14.4. The number of benzene rings is 1. The summed E-state index contributed by atoms with van der Waals surface area (Å²) in [5, 5.41) is 13.0. The van der Waals surface area contributed by atoms with Crippen LogP contribution in [0.4, 0.5) is 5.69 Å². The monoisotopic (exact) mass is 432 g/mol. The van der Waals surface area contributed by atoms with Gasteiger partial charge in [0.15, 0.2) is 0 Å². The van der Waals surface area contributed by atoms with Gasteiger partial charge in [0, 0.05) is 44.0 Å². The average Bonchev–Trinajstić information content (AvgIpc) is 2.72. The van der Waals surface area contributed by atoms with Crippen molar-refractivity contribution >= 4 is 23.7 Å². The minimum absolute atomic E-state index is 0.121. The van der Waals surface area contributed by atoms with Crippen molar-refractivity contribution in [2.75, 3.05) is 51.3 Å². The van der Waals surface area contributed by atoms with Crippen molar-refractivity contribution in [1.82, 2.24) is 9.62 Å². The summed E-state index contributed by atoms with van der Waals surface area (Å²) in [6.45, 7) is 14.6. The van der Waals surface area contributed by atoms with Gasteiger partial charge < -0.3 is 14.8 Å². The zero-order valence-electron chi connectivity index (χ0n) is 18.7. The lowest BCUT2D eigenvalue weighted by Gasteiger charge is -2.26. The summed E-state index contributed by atoms with van der Waals surface area (Å²) in [6, 6.07) is 10.5.